The number of unbranched alkanes of at least 4 members (excludes halogenated alkanes) is 4. The Morgan fingerprint density at radius 2 is 1.56 bits per heavy atom. The number of aromatic amines is 1. The van der Waals surface area contributed by atoms with E-state index in [0.29, 0.717) is 0 Å². The number of rotatable bonds is 18. The molecule has 1 aromatic carbocycles. The largest absolute Gasteiger partial charge is 0.543 e. The van der Waals surface area contributed by atoms with E-state index >= 15 is 0 Å². The van der Waals surface area contributed by atoms with Crippen LogP contribution in [0.3, 0.4) is 0 Å². The molecular weight excluding hydrogens is 464 g/mol. The molecule has 2 N–H and O–H groups in total. The summed E-state index contributed by atoms with van der Waals surface area (Å²) in [5.74, 6) is 1.13. The van der Waals surface area contributed by atoms with Crippen LogP contribution in [0.4, 0.5) is 0 Å². The molecule has 0 radical (unpaired) electrons. The van der Waals surface area contributed by atoms with E-state index in [9.17, 15) is 9.90 Å². The smallest absolute Gasteiger partial charge is 0.307 e. The molecule has 0 aliphatic rings. The lowest BCUT2D eigenvalue weighted by molar-refractivity contribution is -0.136. The lowest BCUT2D eigenvalue weighted by Crippen LogP contribution is -2.51. The summed E-state index contributed by atoms with van der Waals surface area (Å²) in [6.07, 6.45) is 13.4. The summed E-state index contributed by atoms with van der Waals surface area (Å²) in [5, 5.41) is 9.87. The zero-order valence-electron chi connectivity index (χ0n) is 24.1. The van der Waals surface area contributed by atoms with Crippen molar-refractivity contribution in [3.8, 4) is 5.75 Å². The normalized spacial score (nSPS) is 13.9. The molecule has 2 rings (SSSR count). The molecule has 0 aliphatic heterocycles. The maximum atomic E-state index is 11.7. The first-order valence-electron chi connectivity index (χ1n) is 14.6. The number of carbonyl (C=O) groups is 1. The van der Waals surface area contributed by atoms with Gasteiger partial charge in [0.05, 0.1) is 17.5 Å². The van der Waals surface area contributed by atoms with Crippen LogP contribution in [-0.2, 0) is 11.2 Å². The zero-order valence-corrected chi connectivity index (χ0v) is 25.1. The van der Waals surface area contributed by atoms with Gasteiger partial charge in [0.25, 0.3) is 8.32 Å². The number of imidazole rings is 1. The summed E-state index contributed by atoms with van der Waals surface area (Å²) in [6, 6.07) is 5.21. The molecule has 5 nitrogen and oxygen atoms in total. The molecule has 36 heavy (non-hydrogen) atoms. The molecule has 204 valence electrons. The second-order valence-electron chi connectivity index (χ2n) is 11.4. The highest BCUT2D eigenvalue weighted by atomic mass is 28.4. The Labute approximate surface area is 221 Å². The van der Waals surface area contributed by atoms with Crippen LogP contribution < -0.4 is 4.43 Å². The lowest BCUT2D eigenvalue weighted by Gasteiger charge is -2.48. The van der Waals surface area contributed by atoms with E-state index in [4.69, 9.17) is 9.41 Å². The molecule has 0 saturated carbocycles. The average molecular weight is 517 g/mol. The third kappa shape index (κ3) is 7.59. The highest BCUT2D eigenvalue weighted by Crippen LogP contribution is 2.54. The Kier molecular flexibility index (Phi) is 12.0. The molecule has 1 heterocycles. The molecule has 1 aromatic heterocycles. The Bertz CT molecular complexity index is 933. The van der Waals surface area contributed by atoms with Crippen molar-refractivity contribution < 1.29 is 14.3 Å². The fourth-order valence-electron chi connectivity index (χ4n) is 5.72. The molecule has 0 spiro atoms. The number of benzene rings is 1. The number of nitrogens with one attached hydrogen (secondary N) is 1. The van der Waals surface area contributed by atoms with Crippen molar-refractivity contribution in [3.63, 3.8) is 0 Å². The molecule has 1 atom stereocenters. The Hall–Kier alpha value is -1.82. The second-order valence-corrected chi connectivity index (χ2v) is 15.6. The van der Waals surface area contributed by atoms with E-state index < -0.39 is 14.3 Å². The minimum Gasteiger partial charge on any atom is -0.543 e. The monoisotopic (exact) mass is 516 g/mol. The lowest BCUT2D eigenvalue weighted by atomic mass is 9.89. The predicted octanol–water partition coefficient (Wildman–Crippen LogP) is 9.38. The van der Waals surface area contributed by atoms with Gasteiger partial charge in [0.2, 0.25) is 0 Å². The van der Waals surface area contributed by atoms with Crippen molar-refractivity contribution in [2.45, 2.75) is 142 Å². The van der Waals surface area contributed by atoms with Gasteiger partial charge in [-0.3, -0.25) is 4.79 Å². The predicted molar refractivity (Wildman–Crippen MR) is 155 cm³/mol. The molecule has 0 fully saturated rings. The Morgan fingerprint density at radius 3 is 2.03 bits per heavy atom. The van der Waals surface area contributed by atoms with Gasteiger partial charge in [0.1, 0.15) is 11.6 Å². The van der Waals surface area contributed by atoms with Gasteiger partial charge in [-0.1, -0.05) is 92.9 Å². The quantitative estimate of drug-likeness (QED) is 0.193. The fourth-order valence-corrected chi connectivity index (χ4v) is 10.4. The maximum Gasteiger partial charge on any atom is 0.307 e. The Morgan fingerprint density at radius 1 is 1.00 bits per heavy atom. The maximum absolute atomic E-state index is 11.7. The van der Waals surface area contributed by atoms with Gasteiger partial charge in [-0.2, -0.15) is 0 Å². The van der Waals surface area contributed by atoms with Crippen LogP contribution in [0.25, 0.3) is 11.0 Å². The first-order valence-corrected chi connectivity index (χ1v) is 17.2. The average Bonchev–Trinajstić information content (AvgIpc) is 3.27. The summed E-state index contributed by atoms with van der Waals surface area (Å²) in [7, 11) is -2.25. The van der Waals surface area contributed by atoms with Crippen molar-refractivity contribution in [3.05, 3.63) is 23.5 Å². The third-order valence-electron chi connectivity index (χ3n) is 8.04. The van der Waals surface area contributed by atoms with Crippen LogP contribution >= 0.6 is 0 Å². The number of carboxylic acids is 1. The topological polar surface area (TPSA) is 75.2 Å². The van der Waals surface area contributed by atoms with E-state index in [1.807, 2.05) is 6.07 Å². The van der Waals surface area contributed by atoms with Crippen LogP contribution in [-0.4, -0.2) is 29.4 Å². The van der Waals surface area contributed by atoms with Crippen LogP contribution in [0.15, 0.2) is 12.1 Å². The summed E-state index contributed by atoms with van der Waals surface area (Å²) in [6.45, 7) is 15.9. The number of hydrogen-bond acceptors (Lipinski definition) is 3. The molecule has 0 saturated heterocycles. The molecule has 0 aliphatic carbocycles. The summed E-state index contributed by atoms with van der Waals surface area (Å²) >= 11 is 0. The van der Waals surface area contributed by atoms with Crippen LogP contribution in [0, 0.1) is 0 Å². The van der Waals surface area contributed by atoms with Crippen LogP contribution in [0.2, 0.25) is 17.6 Å². The standard InChI is InChI=1S/C30H52N2O3Si/c1-8-12-16-30(17-13-9-2,18-14-10-3)36(7,19-15-11-4)35-25-20-24(21-27(33)34)28-26(22-25)31-29(32-28)23(5)6/h20,22-23H,8-19,21H2,1-7H3,(H,31,32)(H,33,34). The van der Waals surface area contributed by atoms with E-state index in [2.05, 4.69) is 59.1 Å². The zero-order chi connectivity index (χ0) is 26.8. The first-order chi connectivity index (χ1) is 17.1. The van der Waals surface area contributed by atoms with E-state index in [1.165, 1.54) is 70.6 Å². The van der Waals surface area contributed by atoms with E-state index in [0.717, 1.165) is 34.2 Å². The molecule has 6 heteroatoms. The fraction of sp³-hybridized carbons (Fsp3) is 0.733. The number of aliphatic carboxylic acids is 1. The van der Waals surface area contributed by atoms with Crippen molar-refractivity contribution >= 4 is 25.3 Å². The van der Waals surface area contributed by atoms with E-state index in [-0.39, 0.29) is 17.4 Å². The summed E-state index contributed by atoms with van der Waals surface area (Å²) < 4.78 is 7.26. The number of aromatic nitrogens is 2. The van der Waals surface area contributed by atoms with Crippen LogP contribution in [0.5, 0.6) is 5.75 Å². The summed E-state index contributed by atoms with van der Waals surface area (Å²) in [4.78, 5) is 19.9. The molecular formula is C30H52N2O3Si. The van der Waals surface area contributed by atoms with E-state index in [1.54, 1.807) is 0 Å². The van der Waals surface area contributed by atoms with Crippen LogP contribution in [0.1, 0.15) is 129 Å². The number of H-pyrrole nitrogens is 1. The van der Waals surface area contributed by atoms with Gasteiger partial charge >= 0.3 is 5.97 Å². The first kappa shape index (κ1) is 30.4. The SMILES string of the molecule is CCCCC(CCCC)(CCCC)[Si](C)(CCCC)Oc1cc(CC(=O)O)c2nc(C(C)C)[nH]c2c1. The number of carboxylic acid groups (broad SMARTS) is 1. The molecule has 2 aromatic rings. The highest BCUT2D eigenvalue weighted by molar-refractivity contribution is 6.76. The van der Waals surface area contributed by atoms with Gasteiger partial charge in [-0.15, -0.1) is 0 Å². The van der Waals surface area contributed by atoms with Gasteiger partial charge < -0.3 is 14.5 Å². The van der Waals surface area contributed by atoms with Gasteiger partial charge in [-0.25, -0.2) is 4.98 Å². The third-order valence-corrected chi connectivity index (χ3v) is 13.0. The minimum absolute atomic E-state index is 0.0457. The molecule has 1 unspecified atom stereocenters. The molecule has 0 amide bonds. The van der Waals surface area contributed by atoms with Crippen molar-refractivity contribution in [1.82, 2.24) is 9.97 Å². The van der Waals surface area contributed by atoms with Gasteiger partial charge in [0.15, 0.2) is 0 Å². The number of hydrogen-bond donors (Lipinski definition) is 2. The minimum atomic E-state index is -2.25. The van der Waals surface area contributed by atoms with Gasteiger partial charge in [0, 0.05) is 17.0 Å². The second kappa shape index (κ2) is 14.2. The molecule has 0 bridgehead atoms. The van der Waals surface area contributed by atoms with Gasteiger partial charge in [-0.05, 0) is 43.5 Å². The number of fused-ring (bicyclic) bond motifs is 1. The summed E-state index contributed by atoms with van der Waals surface area (Å²) in [5.41, 5.74) is 2.39. The Balaban J connectivity index is 2.64. The van der Waals surface area contributed by atoms with Crippen molar-refractivity contribution in [2.75, 3.05) is 0 Å². The van der Waals surface area contributed by atoms with Crippen molar-refractivity contribution in [2.24, 2.45) is 0 Å². The number of nitrogens with zero attached hydrogens (tertiary/aromatic N) is 1. The van der Waals surface area contributed by atoms with Crippen molar-refractivity contribution in [1.29, 1.82) is 0 Å². The highest BCUT2D eigenvalue weighted by Gasteiger charge is 2.51.